The van der Waals surface area contributed by atoms with E-state index in [1.54, 1.807) is 4.52 Å². The van der Waals surface area contributed by atoms with Crippen molar-refractivity contribution in [3.05, 3.63) is 35.3 Å². The number of hydrogen-bond donors (Lipinski definition) is 1. The van der Waals surface area contributed by atoms with E-state index in [0.29, 0.717) is 5.95 Å². The first-order chi connectivity index (χ1) is 10.4. The van der Waals surface area contributed by atoms with E-state index in [0.717, 1.165) is 34.2 Å². The third-order valence-corrected chi connectivity index (χ3v) is 3.29. The van der Waals surface area contributed by atoms with Crippen molar-refractivity contribution in [3.63, 3.8) is 0 Å². The molecule has 0 bridgehead atoms. The van der Waals surface area contributed by atoms with E-state index < -0.39 is 0 Å². The molecule has 114 valence electrons. The number of hydrogen-bond acceptors (Lipinski definition) is 6. The highest BCUT2D eigenvalue weighted by molar-refractivity contribution is 5.57. The maximum atomic E-state index is 4.55. The van der Waals surface area contributed by atoms with E-state index in [1.807, 2.05) is 58.1 Å². The van der Waals surface area contributed by atoms with E-state index in [2.05, 4.69) is 25.4 Å². The maximum absolute atomic E-state index is 4.55. The number of aryl methyl sites for hydroxylation is 3. The molecule has 1 N–H and O–H groups in total. The Kier molecular flexibility index (Phi) is 3.40. The van der Waals surface area contributed by atoms with Gasteiger partial charge in [-0.1, -0.05) is 0 Å². The van der Waals surface area contributed by atoms with Crippen molar-refractivity contribution >= 4 is 23.2 Å². The zero-order valence-corrected chi connectivity index (χ0v) is 13.4. The molecule has 0 saturated heterocycles. The van der Waals surface area contributed by atoms with Crippen LogP contribution in [-0.4, -0.2) is 38.7 Å². The van der Waals surface area contributed by atoms with Crippen molar-refractivity contribution in [3.8, 4) is 0 Å². The highest BCUT2D eigenvalue weighted by Gasteiger charge is 2.10. The zero-order chi connectivity index (χ0) is 15.9. The third kappa shape index (κ3) is 2.57. The second-order valence-corrected chi connectivity index (χ2v) is 5.56. The van der Waals surface area contributed by atoms with E-state index in [9.17, 15) is 0 Å². The standard InChI is InChI=1S/C15H19N7/c1-9-8-16-15(19-14(9)21(4)5)18-13-6-10(2)17-12-7-11(3)20-22(12)13/h6-8H,1-5H3,(H,16,18,19). The van der Waals surface area contributed by atoms with Gasteiger partial charge in [0.05, 0.1) is 5.69 Å². The van der Waals surface area contributed by atoms with Crippen LogP contribution in [0.1, 0.15) is 17.0 Å². The van der Waals surface area contributed by atoms with Gasteiger partial charge in [-0.05, 0) is 20.8 Å². The maximum Gasteiger partial charge on any atom is 0.230 e. The van der Waals surface area contributed by atoms with Gasteiger partial charge in [-0.25, -0.2) is 9.97 Å². The molecule has 7 heteroatoms. The van der Waals surface area contributed by atoms with Gasteiger partial charge in [-0.15, -0.1) is 0 Å². The summed E-state index contributed by atoms with van der Waals surface area (Å²) in [5, 5.41) is 7.69. The van der Waals surface area contributed by atoms with Gasteiger partial charge in [0.1, 0.15) is 11.6 Å². The Morgan fingerprint density at radius 1 is 1.05 bits per heavy atom. The molecule has 22 heavy (non-hydrogen) atoms. The summed E-state index contributed by atoms with van der Waals surface area (Å²) in [7, 11) is 3.93. The van der Waals surface area contributed by atoms with Crippen LogP contribution in [0.25, 0.3) is 5.65 Å². The van der Waals surface area contributed by atoms with E-state index in [1.165, 1.54) is 0 Å². The van der Waals surface area contributed by atoms with E-state index >= 15 is 0 Å². The lowest BCUT2D eigenvalue weighted by atomic mass is 10.3. The minimum Gasteiger partial charge on any atom is -0.362 e. The third-order valence-electron chi connectivity index (χ3n) is 3.29. The normalized spacial score (nSPS) is 11.0. The van der Waals surface area contributed by atoms with Gasteiger partial charge in [-0.3, -0.25) is 0 Å². The molecule has 0 aliphatic heterocycles. The van der Waals surface area contributed by atoms with E-state index in [-0.39, 0.29) is 0 Å². The lowest BCUT2D eigenvalue weighted by Gasteiger charge is -2.15. The number of nitrogens with zero attached hydrogens (tertiary/aromatic N) is 6. The van der Waals surface area contributed by atoms with Crippen molar-refractivity contribution in [1.82, 2.24) is 24.6 Å². The number of anilines is 3. The second kappa shape index (κ2) is 5.25. The van der Waals surface area contributed by atoms with Crippen LogP contribution in [0, 0.1) is 20.8 Å². The summed E-state index contributed by atoms with van der Waals surface area (Å²) in [6.45, 7) is 5.89. The van der Waals surface area contributed by atoms with E-state index in [4.69, 9.17) is 0 Å². The quantitative estimate of drug-likeness (QED) is 0.799. The molecule has 0 aliphatic rings. The molecule has 0 aliphatic carbocycles. The molecular formula is C15H19N7. The van der Waals surface area contributed by atoms with Gasteiger partial charge in [0.25, 0.3) is 0 Å². The van der Waals surface area contributed by atoms with Crippen LogP contribution in [0.3, 0.4) is 0 Å². The van der Waals surface area contributed by atoms with Gasteiger partial charge < -0.3 is 10.2 Å². The Morgan fingerprint density at radius 3 is 2.55 bits per heavy atom. The average molecular weight is 297 g/mol. The number of aromatic nitrogens is 5. The summed E-state index contributed by atoms with van der Waals surface area (Å²) in [5.41, 5.74) is 3.66. The summed E-state index contributed by atoms with van der Waals surface area (Å²) in [4.78, 5) is 15.3. The molecular weight excluding hydrogens is 278 g/mol. The van der Waals surface area contributed by atoms with Crippen LogP contribution in [0.5, 0.6) is 0 Å². The molecule has 7 nitrogen and oxygen atoms in total. The molecule has 0 amide bonds. The summed E-state index contributed by atoms with van der Waals surface area (Å²) >= 11 is 0. The fraction of sp³-hybridized carbons (Fsp3) is 0.333. The fourth-order valence-electron chi connectivity index (χ4n) is 2.36. The van der Waals surface area contributed by atoms with Crippen LogP contribution in [-0.2, 0) is 0 Å². The summed E-state index contributed by atoms with van der Waals surface area (Å²) in [6, 6.07) is 3.87. The van der Waals surface area contributed by atoms with Crippen LogP contribution in [0.4, 0.5) is 17.6 Å². The average Bonchev–Trinajstić information content (AvgIpc) is 2.81. The Hall–Kier alpha value is -2.70. The monoisotopic (exact) mass is 297 g/mol. The van der Waals surface area contributed by atoms with Crippen LogP contribution in [0.15, 0.2) is 18.3 Å². The predicted octanol–water partition coefficient (Wildman–Crippen LogP) is 2.25. The van der Waals surface area contributed by atoms with Gasteiger partial charge in [0, 0.05) is 43.7 Å². The van der Waals surface area contributed by atoms with Crippen molar-refractivity contribution in [1.29, 1.82) is 0 Å². The smallest absolute Gasteiger partial charge is 0.230 e. The summed E-state index contributed by atoms with van der Waals surface area (Å²) in [5.74, 6) is 2.22. The highest BCUT2D eigenvalue weighted by atomic mass is 15.3. The largest absolute Gasteiger partial charge is 0.362 e. The molecule has 0 aromatic carbocycles. The first-order valence-corrected chi connectivity index (χ1v) is 7.06. The van der Waals surface area contributed by atoms with Gasteiger partial charge in [-0.2, -0.15) is 14.6 Å². The molecule has 0 saturated carbocycles. The van der Waals surface area contributed by atoms with Crippen LogP contribution in [0.2, 0.25) is 0 Å². The highest BCUT2D eigenvalue weighted by Crippen LogP contribution is 2.20. The molecule has 0 fully saturated rings. The van der Waals surface area contributed by atoms with Crippen molar-refractivity contribution in [2.45, 2.75) is 20.8 Å². The molecule has 0 radical (unpaired) electrons. The van der Waals surface area contributed by atoms with Crippen LogP contribution < -0.4 is 10.2 Å². The van der Waals surface area contributed by atoms with Crippen LogP contribution >= 0.6 is 0 Å². The number of rotatable bonds is 3. The molecule has 0 spiro atoms. The molecule has 3 rings (SSSR count). The SMILES string of the molecule is Cc1cc(Nc2ncc(C)c(N(C)C)n2)n2nc(C)cc2n1. The van der Waals surface area contributed by atoms with Crippen molar-refractivity contribution < 1.29 is 0 Å². The molecule has 0 unspecified atom stereocenters. The van der Waals surface area contributed by atoms with Gasteiger partial charge >= 0.3 is 0 Å². The minimum atomic E-state index is 0.536. The topological polar surface area (TPSA) is 71.2 Å². The van der Waals surface area contributed by atoms with Crippen molar-refractivity contribution in [2.75, 3.05) is 24.3 Å². The number of nitrogens with one attached hydrogen (secondary N) is 1. The first kappa shape index (κ1) is 14.2. The zero-order valence-electron chi connectivity index (χ0n) is 13.4. The van der Waals surface area contributed by atoms with Gasteiger partial charge in [0.2, 0.25) is 5.95 Å². The fourth-order valence-corrected chi connectivity index (χ4v) is 2.36. The molecule has 3 heterocycles. The summed E-state index contributed by atoms with van der Waals surface area (Å²) in [6.07, 6.45) is 1.81. The molecule has 3 aromatic rings. The lowest BCUT2D eigenvalue weighted by molar-refractivity contribution is 0.911. The second-order valence-electron chi connectivity index (χ2n) is 5.56. The summed E-state index contributed by atoms with van der Waals surface area (Å²) < 4.78 is 1.76. The number of fused-ring (bicyclic) bond motifs is 1. The van der Waals surface area contributed by atoms with Crippen molar-refractivity contribution in [2.24, 2.45) is 0 Å². The Balaban J connectivity index is 2.05. The van der Waals surface area contributed by atoms with Gasteiger partial charge in [0.15, 0.2) is 5.65 Å². The minimum absolute atomic E-state index is 0.536. The predicted molar refractivity (Wildman–Crippen MR) is 86.8 cm³/mol. The lowest BCUT2D eigenvalue weighted by Crippen LogP contribution is -2.14. The Labute approximate surface area is 129 Å². The first-order valence-electron chi connectivity index (χ1n) is 7.06. The Bertz CT molecular complexity index is 835. The molecule has 0 atom stereocenters. The Morgan fingerprint density at radius 2 is 1.82 bits per heavy atom. The molecule has 3 aromatic heterocycles.